The Kier molecular flexibility index (Phi) is 5.05. The summed E-state index contributed by atoms with van der Waals surface area (Å²) in [5.74, 6) is 0.499. The van der Waals surface area contributed by atoms with Crippen molar-refractivity contribution in [3.05, 3.63) is 65.2 Å². The second kappa shape index (κ2) is 7.62. The first kappa shape index (κ1) is 17.9. The summed E-state index contributed by atoms with van der Waals surface area (Å²) < 4.78 is 17.6. The van der Waals surface area contributed by atoms with Crippen LogP contribution in [0.15, 0.2) is 54.6 Å². The maximum Gasteiger partial charge on any atom is 0.199 e. The van der Waals surface area contributed by atoms with Gasteiger partial charge in [-0.25, -0.2) is 9.07 Å². The zero-order valence-corrected chi connectivity index (χ0v) is 16.1. The monoisotopic (exact) mass is 383 g/mol. The van der Waals surface area contributed by atoms with Crippen molar-refractivity contribution in [3.8, 4) is 11.4 Å². The Morgan fingerprint density at radius 2 is 1.63 bits per heavy atom. The fourth-order valence-electron chi connectivity index (χ4n) is 3.41. The van der Waals surface area contributed by atoms with Gasteiger partial charge < -0.3 is 9.47 Å². The van der Waals surface area contributed by atoms with E-state index in [4.69, 9.17) is 12.2 Å². The summed E-state index contributed by atoms with van der Waals surface area (Å²) >= 11 is 5.56. The van der Waals surface area contributed by atoms with Gasteiger partial charge in [0.15, 0.2) is 10.6 Å². The van der Waals surface area contributed by atoms with Gasteiger partial charge in [-0.15, -0.1) is 0 Å². The number of nitrogens with zero attached hydrogens (tertiary/aromatic N) is 5. The summed E-state index contributed by atoms with van der Waals surface area (Å²) in [6.07, 6.45) is 0. The summed E-state index contributed by atoms with van der Waals surface area (Å²) in [5, 5.41) is 4.68. The smallest absolute Gasteiger partial charge is 0.199 e. The van der Waals surface area contributed by atoms with Crippen LogP contribution in [0.2, 0.25) is 0 Å². The summed E-state index contributed by atoms with van der Waals surface area (Å²) in [6, 6.07) is 16.9. The molecule has 0 N–H and O–H groups in total. The van der Waals surface area contributed by atoms with Crippen molar-refractivity contribution in [1.29, 1.82) is 0 Å². The van der Waals surface area contributed by atoms with Crippen LogP contribution in [-0.4, -0.2) is 45.4 Å². The second-order valence-electron chi connectivity index (χ2n) is 6.75. The molecule has 5 nitrogen and oxygen atoms in total. The number of piperazine rings is 1. The first-order valence-electron chi connectivity index (χ1n) is 9.04. The molecule has 2 aromatic carbocycles. The molecule has 0 amide bonds. The Hall–Kier alpha value is -2.51. The van der Waals surface area contributed by atoms with Crippen LogP contribution in [0.5, 0.6) is 0 Å². The van der Waals surface area contributed by atoms with Crippen LogP contribution in [0.4, 0.5) is 10.1 Å². The predicted octanol–water partition coefficient (Wildman–Crippen LogP) is 3.54. The molecule has 0 aliphatic carbocycles. The van der Waals surface area contributed by atoms with Crippen molar-refractivity contribution in [2.75, 3.05) is 31.1 Å². The van der Waals surface area contributed by atoms with Gasteiger partial charge in [-0.1, -0.05) is 18.2 Å². The molecule has 1 aromatic heterocycles. The molecule has 0 atom stereocenters. The summed E-state index contributed by atoms with van der Waals surface area (Å²) in [5.41, 5.74) is 2.13. The third-order valence-electron chi connectivity index (χ3n) is 4.97. The highest BCUT2D eigenvalue weighted by Crippen LogP contribution is 2.19. The number of para-hydroxylation sites is 1. The van der Waals surface area contributed by atoms with Crippen molar-refractivity contribution in [1.82, 2.24) is 19.2 Å². The van der Waals surface area contributed by atoms with E-state index in [9.17, 15) is 4.39 Å². The minimum Gasteiger partial charge on any atom is -0.369 e. The van der Waals surface area contributed by atoms with Crippen LogP contribution in [-0.2, 0) is 13.7 Å². The van der Waals surface area contributed by atoms with Crippen molar-refractivity contribution in [2.45, 2.75) is 6.67 Å². The first-order valence-corrected chi connectivity index (χ1v) is 9.45. The van der Waals surface area contributed by atoms with E-state index >= 15 is 0 Å². The van der Waals surface area contributed by atoms with Gasteiger partial charge in [-0.3, -0.25) is 4.90 Å². The average Bonchev–Trinajstić information content (AvgIpc) is 2.98. The third kappa shape index (κ3) is 3.79. The van der Waals surface area contributed by atoms with E-state index in [2.05, 4.69) is 39.2 Å². The molecular formula is C20H22FN5S. The Morgan fingerprint density at radius 3 is 2.30 bits per heavy atom. The molecule has 0 saturated carbocycles. The van der Waals surface area contributed by atoms with E-state index < -0.39 is 0 Å². The number of rotatable bonds is 4. The average molecular weight is 383 g/mol. The van der Waals surface area contributed by atoms with Crippen LogP contribution in [0.3, 0.4) is 0 Å². The molecule has 140 valence electrons. The maximum absolute atomic E-state index is 13.2. The van der Waals surface area contributed by atoms with Gasteiger partial charge in [0, 0.05) is 44.5 Å². The van der Waals surface area contributed by atoms with E-state index in [1.807, 2.05) is 22.4 Å². The molecule has 0 spiro atoms. The minimum absolute atomic E-state index is 0.254. The largest absolute Gasteiger partial charge is 0.369 e. The number of benzene rings is 2. The van der Waals surface area contributed by atoms with Gasteiger partial charge >= 0.3 is 0 Å². The maximum atomic E-state index is 13.2. The molecule has 7 heteroatoms. The van der Waals surface area contributed by atoms with Crippen LogP contribution in [0.1, 0.15) is 0 Å². The molecule has 27 heavy (non-hydrogen) atoms. The normalized spacial score (nSPS) is 15.3. The lowest BCUT2D eigenvalue weighted by Crippen LogP contribution is -2.47. The van der Waals surface area contributed by atoms with Gasteiger partial charge in [-0.05, 0) is 48.6 Å². The molecule has 3 aromatic rings. The zero-order chi connectivity index (χ0) is 18.8. The van der Waals surface area contributed by atoms with Crippen molar-refractivity contribution >= 4 is 17.9 Å². The lowest BCUT2D eigenvalue weighted by Gasteiger charge is -2.35. The van der Waals surface area contributed by atoms with Gasteiger partial charge in [-0.2, -0.15) is 5.10 Å². The van der Waals surface area contributed by atoms with E-state index in [0.717, 1.165) is 37.6 Å². The first-order chi connectivity index (χ1) is 13.1. The fourth-order valence-corrected chi connectivity index (χ4v) is 3.59. The van der Waals surface area contributed by atoms with Crippen LogP contribution in [0, 0.1) is 10.6 Å². The SMILES string of the molecule is Cn1c(-c2ccc(F)cc2)nn(CN2CCN(c3ccccc3)CC2)c1=S. The molecule has 1 saturated heterocycles. The predicted molar refractivity (Wildman–Crippen MR) is 108 cm³/mol. The highest BCUT2D eigenvalue weighted by Gasteiger charge is 2.19. The van der Waals surface area contributed by atoms with E-state index in [0.29, 0.717) is 11.4 Å². The minimum atomic E-state index is -0.254. The summed E-state index contributed by atoms with van der Waals surface area (Å²) in [4.78, 5) is 4.76. The molecule has 1 fully saturated rings. The number of hydrogen-bond acceptors (Lipinski definition) is 4. The van der Waals surface area contributed by atoms with Crippen molar-refractivity contribution in [3.63, 3.8) is 0 Å². The molecule has 0 bridgehead atoms. The van der Waals surface area contributed by atoms with Crippen molar-refractivity contribution in [2.24, 2.45) is 7.05 Å². The summed E-state index contributed by atoms with van der Waals surface area (Å²) in [6.45, 7) is 4.54. The molecule has 1 aliphatic rings. The van der Waals surface area contributed by atoms with Crippen molar-refractivity contribution < 1.29 is 4.39 Å². The number of hydrogen-bond donors (Lipinski definition) is 0. The van der Waals surface area contributed by atoms with Gasteiger partial charge in [0.25, 0.3) is 0 Å². The topological polar surface area (TPSA) is 29.2 Å². The molecule has 4 rings (SSSR count). The van der Waals surface area contributed by atoms with Crippen LogP contribution < -0.4 is 4.90 Å². The lowest BCUT2D eigenvalue weighted by atomic mass is 10.2. The Bertz CT molecular complexity index is 956. The number of halogens is 1. The van der Waals surface area contributed by atoms with E-state index in [-0.39, 0.29) is 5.82 Å². The molecule has 1 aliphatic heterocycles. The van der Waals surface area contributed by atoms with E-state index in [1.54, 1.807) is 12.1 Å². The Morgan fingerprint density at radius 1 is 0.963 bits per heavy atom. The Labute approximate surface area is 163 Å². The molecule has 0 unspecified atom stereocenters. The van der Waals surface area contributed by atoms with Crippen LogP contribution >= 0.6 is 12.2 Å². The van der Waals surface area contributed by atoms with Gasteiger partial charge in [0.05, 0.1) is 6.67 Å². The van der Waals surface area contributed by atoms with Gasteiger partial charge in [0.1, 0.15) is 5.82 Å². The van der Waals surface area contributed by atoms with Gasteiger partial charge in [0.2, 0.25) is 0 Å². The number of anilines is 1. The quantitative estimate of drug-likeness (QED) is 0.645. The highest BCUT2D eigenvalue weighted by molar-refractivity contribution is 7.71. The van der Waals surface area contributed by atoms with Crippen LogP contribution in [0.25, 0.3) is 11.4 Å². The fraction of sp³-hybridized carbons (Fsp3) is 0.300. The number of aromatic nitrogens is 3. The Balaban J connectivity index is 1.45. The standard InChI is InChI=1S/C20H22FN5S/c1-23-19(16-7-9-17(21)10-8-16)22-26(20(23)27)15-24-11-13-25(14-12-24)18-5-3-2-4-6-18/h2-10H,11-15H2,1H3. The molecule has 0 radical (unpaired) electrons. The lowest BCUT2D eigenvalue weighted by molar-refractivity contribution is 0.194. The highest BCUT2D eigenvalue weighted by atomic mass is 32.1. The van der Waals surface area contributed by atoms with E-state index in [1.165, 1.54) is 17.8 Å². The summed E-state index contributed by atoms with van der Waals surface area (Å²) in [7, 11) is 1.90. The zero-order valence-electron chi connectivity index (χ0n) is 15.3. The molecular weight excluding hydrogens is 361 g/mol. The third-order valence-corrected chi connectivity index (χ3v) is 5.46. The second-order valence-corrected chi connectivity index (χ2v) is 7.12. The molecule has 2 heterocycles.